The predicted octanol–water partition coefficient (Wildman–Crippen LogP) is 2.77. The molecular formula is C12H11NO. The Kier molecular flexibility index (Phi) is 2.19. The standard InChI is InChI=1S/C12H11NO/c1-9(14)5-6-10-3-2-4-12-11(10)7-8-13-12/h2-8,13H,1H3/b6-5+. The van der Waals surface area contributed by atoms with Crippen LogP contribution in [0, 0.1) is 0 Å². The number of rotatable bonds is 2. The molecule has 0 unspecified atom stereocenters. The van der Waals surface area contributed by atoms with Crippen LogP contribution in [0.5, 0.6) is 0 Å². The monoisotopic (exact) mass is 185 g/mol. The number of hydrogen-bond donors (Lipinski definition) is 1. The van der Waals surface area contributed by atoms with E-state index >= 15 is 0 Å². The molecule has 1 N–H and O–H groups in total. The van der Waals surface area contributed by atoms with Gasteiger partial charge in [0.25, 0.3) is 0 Å². The molecule has 2 aromatic rings. The highest BCUT2D eigenvalue weighted by molar-refractivity contribution is 5.95. The van der Waals surface area contributed by atoms with Crippen LogP contribution in [-0.2, 0) is 4.79 Å². The highest BCUT2D eigenvalue weighted by Crippen LogP contribution is 2.18. The Hall–Kier alpha value is -1.83. The summed E-state index contributed by atoms with van der Waals surface area (Å²) in [5, 5.41) is 1.14. The van der Waals surface area contributed by atoms with Crippen LogP contribution in [0.3, 0.4) is 0 Å². The minimum atomic E-state index is 0.0672. The fourth-order valence-electron chi connectivity index (χ4n) is 1.46. The fraction of sp³-hybridized carbons (Fsp3) is 0.0833. The number of ketones is 1. The number of allylic oxidation sites excluding steroid dienone is 1. The van der Waals surface area contributed by atoms with E-state index in [1.54, 1.807) is 13.0 Å². The van der Waals surface area contributed by atoms with Gasteiger partial charge in [0.2, 0.25) is 0 Å². The summed E-state index contributed by atoms with van der Waals surface area (Å²) in [6, 6.07) is 7.99. The quantitative estimate of drug-likeness (QED) is 0.717. The van der Waals surface area contributed by atoms with E-state index in [1.807, 2.05) is 36.5 Å². The highest BCUT2D eigenvalue weighted by Gasteiger charge is 1.97. The zero-order chi connectivity index (χ0) is 9.97. The molecule has 70 valence electrons. The van der Waals surface area contributed by atoms with Crippen molar-refractivity contribution in [1.29, 1.82) is 0 Å². The first-order valence-corrected chi connectivity index (χ1v) is 4.52. The van der Waals surface area contributed by atoms with Crippen LogP contribution < -0.4 is 0 Å². The number of hydrogen-bond acceptors (Lipinski definition) is 1. The van der Waals surface area contributed by atoms with Gasteiger partial charge in [-0.05, 0) is 30.7 Å². The summed E-state index contributed by atoms with van der Waals surface area (Å²) in [7, 11) is 0. The van der Waals surface area contributed by atoms with Crippen molar-refractivity contribution in [2.75, 3.05) is 0 Å². The number of nitrogens with one attached hydrogen (secondary N) is 1. The van der Waals surface area contributed by atoms with Crippen molar-refractivity contribution in [3.8, 4) is 0 Å². The SMILES string of the molecule is CC(=O)/C=C/c1cccc2[nH]ccc12. The van der Waals surface area contributed by atoms with E-state index in [0.717, 1.165) is 16.5 Å². The Morgan fingerprint density at radius 1 is 1.36 bits per heavy atom. The fourth-order valence-corrected chi connectivity index (χ4v) is 1.46. The minimum absolute atomic E-state index is 0.0672. The summed E-state index contributed by atoms with van der Waals surface area (Å²) < 4.78 is 0. The molecule has 1 aromatic carbocycles. The molecule has 0 bridgehead atoms. The smallest absolute Gasteiger partial charge is 0.152 e. The first-order valence-electron chi connectivity index (χ1n) is 4.52. The normalized spacial score (nSPS) is 11.2. The summed E-state index contributed by atoms with van der Waals surface area (Å²) in [6.07, 6.45) is 5.33. The molecule has 1 heterocycles. The molecule has 2 nitrogen and oxygen atoms in total. The molecule has 1 aromatic heterocycles. The predicted molar refractivity (Wildman–Crippen MR) is 58.0 cm³/mol. The number of benzene rings is 1. The van der Waals surface area contributed by atoms with E-state index in [9.17, 15) is 4.79 Å². The van der Waals surface area contributed by atoms with Crippen LogP contribution in [0.1, 0.15) is 12.5 Å². The second-order valence-electron chi connectivity index (χ2n) is 3.23. The number of carbonyl (C=O) groups is 1. The van der Waals surface area contributed by atoms with E-state index < -0.39 is 0 Å². The molecule has 0 amide bonds. The molecule has 0 aliphatic heterocycles. The molecule has 0 atom stereocenters. The summed E-state index contributed by atoms with van der Waals surface area (Å²) in [5.41, 5.74) is 2.16. The van der Waals surface area contributed by atoms with Gasteiger partial charge in [-0.2, -0.15) is 0 Å². The van der Waals surface area contributed by atoms with E-state index in [0.29, 0.717) is 0 Å². The van der Waals surface area contributed by atoms with Crippen molar-refractivity contribution in [1.82, 2.24) is 4.98 Å². The van der Waals surface area contributed by atoms with Crippen LogP contribution >= 0.6 is 0 Å². The number of carbonyl (C=O) groups excluding carboxylic acids is 1. The Bertz CT molecular complexity index is 494. The van der Waals surface area contributed by atoms with Gasteiger partial charge in [0.05, 0.1) is 0 Å². The maximum atomic E-state index is 10.8. The van der Waals surface area contributed by atoms with E-state index in [4.69, 9.17) is 0 Å². The lowest BCUT2D eigenvalue weighted by Crippen LogP contribution is -1.80. The summed E-state index contributed by atoms with van der Waals surface area (Å²) in [6.45, 7) is 1.55. The average molecular weight is 185 g/mol. The average Bonchev–Trinajstić information content (AvgIpc) is 2.62. The van der Waals surface area contributed by atoms with Crippen molar-refractivity contribution >= 4 is 22.8 Å². The second kappa shape index (κ2) is 3.50. The molecular weight excluding hydrogens is 174 g/mol. The number of fused-ring (bicyclic) bond motifs is 1. The Morgan fingerprint density at radius 2 is 2.21 bits per heavy atom. The maximum absolute atomic E-state index is 10.8. The van der Waals surface area contributed by atoms with Crippen LogP contribution in [0.4, 0.5) is 0 Å². The van der Waals surface area contributed by atoms with Crippen molar-refractivity contribution in [3.63, 3.8) is 0 Å². The zero-order valence-electron chi connectivity index (χ0n) is 7.95. The summed E-state index contributed by atoms with van der Waals surface area (Å²) in [4.78, 5) is 13.9. The first kappa shape index (κ1) is 8.75. The molecule has 0 saturated carbocycles. The Balaban J connectivity index is 2.51. The third-order valence-corrected chi connectivity index (χ3v) is 2.13. The van der Waals surface area contributed by atoms with Gasteiger partial charge in [-0.15, -0.1) is 0 Å². The highest BCUT2D eigenvalue weighted by atomic mass is 16.1. The van der Waals surface area contributed by atoms with Crippen LogP contribution in [0.2, 0.25) is 0 Å². The lowest BCUT2D eigenvalue weighted by Gasteiger charge is -1.95. The van der Waals surface area contributed by atoms with Crippen molar-refractivity contribution in [2.45, 2.75) is 6.92 Å². The van der Waals surface area contributed by atoms with Crippen LogP contribution in [0.15, 0.2) is 36.5 Å². The molecule has 2 rings (SSSR count). The van der Waals surface area contributed by atoms with E-state index in [1.165, 1.54) is 0 Å². The first-order chi connectivity index (χ1) is 6.77. The van der Waals surface area contributed by atoms with Crippen LogP contribution in [-0.4, -0.2) is 10.8 Å². The van der Waals surface area contributed by atoms with Gasteiger partial charge >= 0.3 is 0 Å². The molecule has 0 aliphatic carbocycles. The van der Waals surface area contributed by atoms with E-state index in [-0.39, 0.29) is 5.78 Å². The molecule has 0 aliphatic rings. The van der Waals surface area contributed by atoms with Gasteiger partial charge < -0.3 is 4.98 Å². The molecule has 0 radical (unpaired) electrons. The van der Waals surface area contributed by atoms with E-state index in [2.05, 4.69) is 4.98 Å². The van der Waals surface area contributed by atoms with Gasteiger partial charge in [-0.1, -0.05) is 18.2 Å². The van der Waals surface area contributed by atoms with Gasteiger partial charge in [0.1, 0.15) is 0 Å². The van der Waals surface area contributed by atoms with Gasteiger partial charge in [0.15, 0.2) is 5.78 Å². The second-order valence-corrected chi connectivity index (χ2v) is 3.23. The third kappa shape index (κ3) is 1.59. The van der Waals surface area contributed by atoms with Gasteiger partial charge in [-0.3, -0.25) is 4.79 Å². The van der Waals surface area contributed by atoms with Gasteiger partial charge in [-0.25, -0.2) is 0 Å². The number of aromatic amines is 1. The summed E-state index contributed by atoms with van der Waals surface area (Å²) >= 11 is 0. The summed E-state index contributed by atoms with van der Waals surface area (Å²) in [5.74, 6) is 0.0672. The lowest BCUT2D eigenvalue weighted by molar-refractivity contribution is -0.112. The number of aromatic nitrogens is 1. The van der Waals surface area contributed by atoms with Gasteiger partial charge in [0, 0.05) is 17.1 Å². The van der Waals surface area contributed by atoms with Crippen LogP contribution in [0.25, 0.3) is 17.0 Å². The number of H-pyrrole nitrogens is 1. The minimum Gasteiger partial charge on any atom is -0.361 e. The molecule has 0 fully saturated rings. The van der Waals surface area contributed by atoms with Crippen molar-refractivity contribution < 1.29 is 4.79 Å². The Morgan fingerprint density at radius 3 is 3.00 bits per heavy atom. The topological polar surface area (TPSA) is 32.9 Å². The molecule has 2 heteroatoms. The zero-order valence-corrected chi connectivity index (χ0v) is 7.95. The lowest BCUT2D eigenvalue weighted by atomic mass is 10.1. The van der Waals surface area contributed by atoms with Crippen molar-refractivity contribution in [3.05, 3.63) is 42.1 Å². The third-order valence-electron chi connectivity index (χ3n) is 2.13. The largest absolute Gasteiger partial charge is 0.361 e. The molecule has 14 heavy (non-hydrogen) atoms. The Labute approximate surface area is 82.3 Å². The molecule has 0 saturated heterocycles. The maximum Gasteiger partial charge on any atom is 0.152 e. The van der Waals surface area contributed by atoms with Crippen molar-refractivity contribution in [2.24, 2.45) is 0 Å². The molecule has 0 spiro atoms.